The molecule has 0 aromatic heterocycles. The maximum Gasteiger partial charge on any atom is 0.408 e. The zero-order valence-corrected chi connectivity index (χ0v) is 10.8. The highest BCUT2D eigenvalue weighted by Crippen LogP contribution is 2.06. The number of hydrogen-bond donors (Lipinski definition) is 1. The van der Waals surface area contributed by atoms with Gasteiger partial charge in [-0.25, -0.2) is 4.79 Å². The largest absolute Gasteiger partial charge is 0.445 e. The van der Waals surface area contributed by atoms with Gasteiger partial charge in [0, 0.05) is 0 Å². The number of carbonyl (C=O) groups excluding carboxylic acids is 2. The van der Waals surface area contributed by atoms with Crippen LogP contribution >= 0.6 is 0 Å². The highest BCUT2D eigenvalue weighted by atomic mass is 16.5. The summed E-state index contributed by atoms with van der Waals surface area (Å²) < 4.78 is 5.05. The van der Waals surface area contributed by atoms with Gasteiger partial charge < -0.3 is 14.8 Å². The molecule has 1 aromatic carbocycles. The molecule has 4 heteroatoms. The first-order valence-electron chi connectivity index (χ1n) is 6.09. The van der Waals surface area contributed by atoms with Crippen LogP contribution in [-0.4, -0.2) is 18.4 Å². The SMILES string of the molecule is CCC(C)[C@@H](C=O)NC(=O)OCc1ccccc1. The Kier molecular flexibility index (Phi) is 5.91. The molecule has 2 atom stereocenters. The molecule has 4 nitrogen and oxygen atoms in total. The highest BCUT2D eigenvalue weighted by Gasteiger charge is 2.17. The predicted molar refractivity (Wildman–Crippen MR) is 69.1 cm³/mol. The maximum atomic E-state index is 11.5. The normalized spacial score (nSPS) is 13.4. The summed E-state index contributed by atoms with van der Waals surface area (Å²) >= 11 is 0. The number of carbonyl (C=O) groups is 2. The molecule has 0 fully saturated rings. The Labute approximate surface area is 107 Å². The highest BCUT2D eigenvalue weighted by molar-refractivity contribution is 5.73. The summed E-state index contributed by atoms with van der Waals surface area (Å²) in [4.78, 5) is 22.4. The molecule has 0 radical (unpaired) electrons. The molecule has 0 heterocycles. The zero-order chi connectivity index (χ0) is 13.4. The monoisotopic (exact) mass is 249 g/mol. The minimum atomic E-state index is -0.559. The van der Waals surface area contributed by atoms with Crippen LogP contribution in [0.2, 0.25) is 0 Å². The lowest BCUT2D eigenvalue weighted by atomic mass is 10.0. The van der Waals surface area contributed by atoms with Crippen molar-refractivity contribution in [3.05, 3.63) is 35.9 Å². The molecule has 1 aromatic rings. The second kappa shape index (κ2) is 7.48. The summed E-state index contributed by atoms with van der Waals surface area (Å²) in [5, 5.41) is 2.56. The molecule has 1 unspecified atom stereocenters. The van der Waals surface area contributed by atoms with Gasteiger partial charge in [-0.05, 0) is 11.5 Å². The third-order valence-corrected chi connectivity index (χ3v) is 2.90. The van der Waals surface area contributed by atoms with Crippen molar-refractivity contribution in [3.8, 4) is 0 Å². The fourth-order valence-corrected chi connectivity index (χ4v) is 1.47. The lowest BCUT2D eigenvalue weighted by Gasteiger charge is -2.18. The molecule has 0 bridgehead atoms. The number of ether oxygens (including phenoxy) is 1. The molecule has 1 amide bonds. The molecular formula is C14H19NO3. The molecule has 0 saturated heterocycles. The molecule has 0 saturated carbocycles. The van der Waals surface area contributed by atoms with Crippen LogP contribution < -0.4 is 5.32 Å². The minimum Gasteiger partial charge on any atom is -0.445 e. The van der Waals surface area contributed by atoms with Crippen molar-refractivity contribution < 1.29 is 14.3 Å². The quantitative estimate of drug-likeness (QED) is 0.788. The summed E-state index contributed by atoms with van der Waals surface area (Å²) in [6.07, 6.45) is 1.01. The zero-order valence-electron chi connectivity index (χ0n) is 10.8. The fraction of sp³-hybridized carbons (Fsp3) is 0.429. The third kappa shape index (κ3) is 4.57. The number of rotatable bonds is 6. The van der Waals surface area contributed by atoms with Gasteiger partial charge in [-0.1, -0.05) is 50.6 Å². The molecule has 0 aliphatic rings. The van der Waals surface area contributed by atoms with E-state index in [0.29, 0.717) is 0 Å². The first-order chi connectivity index (χ1) is 8.67. The molecule has 0 aliphatic carbocycles. The van der Waals surface area contributed by atoms with E-state index in [-0.39, 0.29) is 12.5 Å². The maximum absolute atomic E-state index is 11.5. The Hall–Kier alpha value is -1.84. The molecule has 1 rings (SSSR count). The van der Waals surface area contributed by atoms with Gasteiger partial charge in [-0.15, -0.1) is 0 Å². The summed E-state index contributed by atoms with van der Waals surface area (Å²) in [6, 6.07) is 8.92. The molecular weight excluding hydrogens is 230 g/mol. The Balaban J connectivity index is 2.39. The Morgan fingerprint density at radius 1 is 1.39 bits per heavy atom. The lowest BCUT2D eigenvalue weighted by molar-refractivity contribution is -0.110. The number of alkyl carbamates (subject to hydrolysis) is 1. The Morgan fingerprint density at radius 2 is 2.06 bits per heavy atom. The number of aldehydes is 1. The van der Waals surface area contributed by atoms with E-state index < -0.39 is 12.1 Å². The van der Waals surface area contributed by atoms with Crippen molar-refractivity contribution in [1.82, 2.24) is 5.32 Å². The smallest absolute Gasteiger partial charge is 0.408 e. The second-order valence-corrected chi connectivity index (χ2v) is 4.25. The van der Waals surface area contributed by atoms with Crippen molar-refractivity contribution in [1.29, 1.82) is 0 Å². The Bertz CT molecular complexity index is 378. The first-order valence-corrected chi connectivity index (χ1v) is 6.09. The Morgan fingerprint density at radius 3 is 2.61 bits per heavy atom. The van der Waals surface area contributed by atoms with Crippen LogP contribution in [0.1, 0.15) is 25.8 Å². The fourth-order valence-electron chi connectivity index (χ4n) is 1.47. The summed E-state index contributed by atoms with van der Waals surface area (Å²) in [6.45, 7) is 4.09. The van der Waals surface area contributed by atoms with E-state index >= 15 is 0 Å². The summed E-state index contributed by atoms with van der Waals surface area (Å²) in [7, 11) is 0. The summed E-state index contributed by atoms with van der Waals surface area (Å²) in [5.41, 5.74) is 0.916. The molecule has 0 spiro atoms. The van der Waals surface area contributed by atoms with Crippen LogP contribution in [0.4, 0.5) is 4.79 Å². The van der Waals surface area contributed by atoms with Gasteiger partial charge in [0.15, 0.2) is 0 Å². The second-order valence-electron chi connectivity index (χ2n) is 4.25. The molecule has 18 heavy (non-hydrogen) atoms. The van der Waals surface area contributed by atoms with Gasteiger partial charge in [0.1, 0.15) is 12.9 Å². The van der Waals surface area contributed by atoms with Gasteiger partial charge in [0.2, 0.25) is 0 Å². The van der Waals surface area contributed by atoms with Crippen LogP contribution in [0, 0.1) is 5.92 Å². The van der Waals surface area contributed by atoms with Crippen LogP contribution in [0.15, 0.2) is 30.3 Å². The van der Waals surface area contributed by atoms with Gasteiger partial charge in [0.25, 0.3) is 0 Å². The average Bonchev–Trinajstić information content (AvgIpc) is 2.42. The van der Waals surface area contributed by atoms with Gasteiger partial charge in [-0.2, -0.15) is 0 Å². The van der Waals surface area contributed by atoms with E-state index in [1.54, 1.807) is 0 Å². The topological polar surface area (TPSA) is 55.4 Å². The van der Waals surface area contributed by atoms with Crippen molar-refractivity contribution in [3.63, 3.8) is 0 Å². The lowest BCUT2D eigenvalue weighted by Crippen LogP contribution is -2.40. The molecule has 0 aliphatic heterocycles. The van der Waals surface area contributed by atoms with Gasteiger partial charge in [-0.3, -0.25) is 0 Å². The van der Waals surface area contributed by atoms with Crippen LogP contribution in [0.5, 0.6) is 0 Å². The number of hydrogen-bond acceptors (Lipinski definition) is 3. The first kappa shape index (κ1) is 14.2. The van der Waals surface area contributed by atoms with E-state index in [4.69, 9.17) is 4.74 Å². The number of benzene rings is 1. The predicted octanol–water partition coefficient (Wildman–Crippen LogP) is 2.53. The van der Waals surface area contributed by atoms with E-state index in [1.165, 1.54) is 0 Å². The van der Waals surface area contributed by atoms with Crippen LogP contribution in [-0.2, 0) is 16.1 Å². The van der Waals surface area contributed by atoms with E-state index in [0.717, 1.165) is 18.3 Å². The molecule has 1 N–H and O–H groups in total. The van der Waals surface area contributed by atoms with Crippen molar-refractivity contribution in [2.75, 3.05) is 0 Å². The van der Waals surface area contributed by atoms with Crippen molar-refractivity contribution in [2.45, 2.75) is 32.9 Å². The van der Waals surface area contributed by atoms with E-state index in [1.807, 2.05) is 44.2 Å². The number of amides is 1. The van der Waals surface area contributed by atoms with Crippen LogP contribution in [0.25, 0.3) is 0 Å². The minimum absolute atomic E-state index is 0.103. The number of nitrogens with one attached hydrogen (secondary N) is 1. The van der Waals surface area contributed by atoms with Crippen molar-refractivity contribution in [2.24, 2.45) is 5.92 Å². The van der Waals surface area contributed by atoms with E-state index in [2.05, 4.69) is 5.32 Å². The standard InChI is InChI=1S/C14H19NO3/c1-3-11(2)13(9-16)15-14(17)18-10-12-7-5-4-6-8-12/h4-9,11,13H,3,10H2,1-2H3,(H,15,17)/t11?,13-/m1/s1. The summed E-state index contributed by atoms with van der Waals surface area (Å²) in [5.74, 6) is 0.103. The average molecular weight is 249 g/mol. The van der Waals surface area contributed by atoms with Crippen molar-refractivity contribution >= 4 is 12.4 Å². The van der Waals surface area contributed by atoms with E-state index in [9.17, 15) is 9.59 Å². The third-order valence-electron chi connectivity index (χ3n) is 2.90. The van der Waals surface area contributed by atoms with Crippen LogP contribution in [0.3, 0.4) is 0 Å². The van der Waals surface area contributed by atoms with Gasteiger partial charge >= 0.3 is 6.09 Å². The van der Waals surface area contributed by atoms with Gasteiger partial charge in [0.05, 0.1) is 6.04 Å². The molecule has 98 valence electrons.